The molecule has 2 rings (SSSR count). The van der Waals surface area contributed by atoms with Crippen LogP contribution in [0.15, 0.2) is 24.3 Å². The average molecular weight is 312 g/mol. The summed E-state index contributed by atoms with van der Waals surface area (Å²) in [4.78, 5) is 11.4. The van der Waals surface area contributed by atoms with Crippen LogP contribution in [0.25, 0.3) is 0 Å². The van der Waals surface area contributed by atoms with E-state index in [0.29, 0.717) is 44.0 Å². The van der Waals surface area contributed by atoms with Crippen LogP contribution in [0.3, 0.4) is 0 Å². The van der Waals surface area contributed by atoms with Gasteiger partial charge in [-0.05, 0) is 18.2 Å². The summed E-state index contributed by atoms with van der Waals surface area (Å²) < 4.78 is 28.4. The summed E-state index contributed by atoms with van der Waals surface area (Å²) in [6.45, 7) is 3.94. The van der Waals surface area contributed by atoms with Crippen molar-refractivity contribution < 1.29 is 13.2 Å². The molecule has 0 saturated carbocycles. The van der Waals surface area contributed by atoms with Crippen LogP contribution in [-0.2, 0) is 15.0 Å². The minimum absolute atomic E-state index is 0.114. The molecule has 1 heterocycles. The first-order chi connectivity index (χ1) is 10.0. The smallest absolute Gasteiger partial charge is 0.301 e. The molecule has 0 radical (unpaired) electrons. The van der Waals surface area contributed by atoms with Crippen LogP contribution in [0.1, 0.15) is 13.3 Å². The minimum atomic E-state index is -3.56. The molecule has 0 unspecified atom stereocenters. The second-order valence-corrected chi connectivity index (χ2v) is 6.41. The van der Waals surface area contributed by atoms with Crippen LogP contribution < -0.4 is 15.4 Å². The predicted octanol–water partition coefficient (Wildman–Crippen LogP) is 0.597. The molecule has 21 heavy (non-hydrogen) atoms. The standard InChI is InChI=1S/C13H20N4O3S/c1-2-13(18)15-11-4-3-5-12(10-11)16-21(19,20)17-8-6-14-7-9-17/h3-5,10,14,16H,2,6-9H2,1H3,(H,15,18). The molecule has 1 fully saturated rings. The SMILES string of the molecule is CCC(=O)Nc1cccc(NS(=O)(=O)N2CCNCC2)c1. The third-order valence-corrected chi connectivity index (χ3v) is 4.67. The Bertz CT molecular complexity index is 597. The zero-order chi connectivity index (χ0) is 15.3. The number of amides is 1. The van der Waals surface area contributed by atoms with E-state index in [2.05, 4.69) is 15.4 Å². The molecule has 1 aliphatic rings. The van der Waals surface area contributed by atoms with Crippen molar-refractivity contribution in [2.45, 2.75) is 13.3 Å². The molecule has 116 valence electrons. The number of nitrogens with one attached hydrogen (secondary N) is 3. The van der Waals surface area contributed by atoms with E-state index in [1.807, 2.05) is 0 Å². The number of piperazine rings is 1. The van der Waals surface area contributed by atoms with Gasteiger partial charge in [0.15, 0.2) is 0 Å². The quantitative estimate of drug-likeness (QED) is 0.742. The van der Waals surface area contributed by atoms with Gasteiger partial charge in [0, 0.05) is 38.3 Å². The van der Waals surface area contributed by atoms with Gasteiger partial charge in [-0.3, -0.25) is 9.52 Å². The van der Waals surface area contributed by atoms with Crippen molar-refractivity contribution in [2.75, 3.05) is 36.2 Å². The van der Waals surface area contributed by atoms with Crippen LogP contribution in [0.2, 0.25) is 0 Å². The highest BCUT2D eigenvalue weighted by molar-refractivity contribution is 7.90. The highest BCUT2D eigenvalue weighted by Gasteiger charge is 2.23. The first-order valence-electron chi connectivity index (χ1n) is 6.90. The number of nitrogens with zero attached hydrogens (tertiary/aromatic N) is 1. The topological polar surface area (TPSA) is 90.5 Å². The third-order valence-electron chi connectivity index (χ3n) is 3.13. The van der Waals surface area contributed by atoms with Gasteiger partial charge in [0.1, 0.15) is 0 Å². The normalized spacial score (nSPS) is 16.4. The first kappa shape index (κ1) is 15.7. The van der Waals surface area contributed by atoms with Gasteiger partial charge in [0.05, 0.1) is 5.69 Å². The number of hydrogen-bond donors (Lipinski definition) is 3. The van der Waals surface area contributed by atoms with Gasteiger partial charge < -0.3 is 10.6 Å². The molecule has 1 aliphatic heterocycles. The maximum Gasteiger partial charge on any atom is 0.301 e. The van der Waals surface area contributed by atoms with Gasteiger partial charge in [-0.2, -0.15) is 12.7 Å². The Balaban J connectivity index is 2.08. The van der Waals surface area contributed by atoms with Crippen molar-refractivity contribution >= 4 is 27.5 Å². The van der Waals surface area contributed by atoms with Gasteiger partial charge in [-0.25, -0.2) is 0 Å². The second-order valence-electron chi connectivity index (χ2n) is 4.74. The Hall–Kier alpha value is -1.64. The molecule has 0 aliphatic carbocycles. The van der Waals surface area contributed by atoms with Crippen molar-refractivity contribution in [1.82, 2.24) is 9.62 Å². The van der Waals surface area contributed by atoms with Gasteiger partial charge in [-0.15, -0.1) is 0 Å². The average Bonchev–Trinajstić information content (AvgIpc) is 2.48. The van der Waals surface area contributed by atoms with E-state index in [4.69, 9.17) is 0 Å². The lowest BCUT2D eigenvalue weighted by molar-refractivity contribution is -0.115. The van der Waals surface area contributed by atoms with Crippen LogP contribution in [0.4, 0.5) is 11.4 Å². The summed E-state index contributed by atoms with van der Waals surface area (Å²) in [5, 5.41) is 5.81. The molecule has 3 N–H and O–H groups in total. The number of hydrogen-bond acceptors (Lipinski definition) is 4. The number of carbonyl (C=O) groups excluding carboxylic acids is 1. The van der Waals surface area contributed by atoms with Crippen molar-refractivity contribution in [2.24, 2.45) is 0 Å². The van der Waals surface area contributed by atoms with Crippen LogP contribution in [0.5, 0.6) is 0 Å². The first-order valence-corrected chi connectivity index (χ1v) is 8.34. The molecule has 1 aromatic carbocycles. The number of benzene rings is 1. The Morgan fingerprint density at radius 1 is 1.29 bits per heavy atom. The van der Waals surface area contributed by atoms with Crippen LogP contribution in [-0.4, -0.2) is 44.8 Å². The fourth-order valence-corrected chi connectivity index (χ4v) is 3.23. The zero-order valence-corrected chi connectivity index (χ0v) is 12.7. The fourth-order valence-electron chi connectivity index (χ4n) is 2.01. The van der Waals surface area contributed by atoms with E-state index in [0.717, 1.165) is 0 Å². The van der Waals surface area contributed by atoms with Crippen LogP contribution in [0, 0.1) is 0 Å². The summed E-state index contributed by atoms with van der Waals surface area (Å²) in [6.07, 6.45) is 0.372. The van der Waals surface area contributed by atoms with Gasteiger partial charge in [0.2, 0.25) is 5.91 Å². The molecule has 1 amide bonds. The van der Waals surface area contributed by atoms with E-state index in [-0.39, 0.29) is 5.91 Å². The van der Waals surface area contributed by atoms with E-state index in [1.54, 1.807) is 31.2 Å². The van der Waals surface area contributed by atoms with Crippen molar-refractivity contribution in [3.05, 3.63) is 24.3 Å². The summed E-state index contributed by atoms with van der Waals surface area (Å²) >= 11 is 0. The highest BCUT2D eigenvalue weighted by atomic mass is 32.2. The molecule has 1 aromatic rings. The summed E-state index contributed by atoms with van der Waals surface area (Å²) in [5.41, 5.74) is 1.00. The van der Waals surface area contributed by atoms with Gasteiger partial charge in [-0.1, -0.05) is 13.0 Å². The Morgan fingerprint density at radius 2 is 1.95 bits per heavy atom. The van der Waals surface area contributed by atoms with E-state index >= 15 is 0 Å². The van der Waals surface area contributed by atoms with E-state index in [1.165, 1.54) is 4.31 Å². The minimum Gasteiger partial charge on any atom is -0.326 e. The van der Waals surface area contributed by atoms with E-state index < -0.39 is 10.2 Å². The van der Waals surface area contributed by atoms with Gasteiger partial charge >= 0.3 is 10.2 Å². The summed E-state index contributed by atoms with van der Waals surface area (Å²) in [7, 11) is -3.56. The second kappa shape index (κ2) is 6.88. The Labute approximate surface area is 124 Å². The van der Waals surface area contributed by atoms with Crippen molar-refractivity contribution in [3.63, 3.8) is 0 Å². The van der Waals surface area contributed by atoms with Crippen molar-refractivity contribution in [1.29, 1.82) is 0 Å². The Kier molecular flexibility index (Phi) is 5.16. The van der Waals surface area contributed by atoms with Crippen LogP contribution >= 0.6 is 0 Å². The molecule has 8 heteroatoms. The Morgan fingerprint density at radius 3 is 2.62 bits per heavy atom. The predicted molar refractivity (Wildman–Crippen MR) is 82.3 cm³/mol. The number of rotatable bonds is 5. The molecule has 0 aromatic heterocycles. The van der Waals surface area contributed by atoms with E-state index in [9.17, 15) is 13.2 Å². The lowest BCUT2D eigenvalue weighted by Crippen LogP contribution is -2.48. The molecule has 0 bridgehead atoms. The number of anilines is 2. The molecule has 7 nitrogen and oxygen atoms in total. The molecular formula is C13H20N4O3S. The number of carbonyl (C=O) groups is 1. The maximum atomic E-state index is 12.2. The fraction of sp³-hybridized carbons (Fsp3) is 0.462. The molecule has 0 atom stereocenters. The monoisotopic (exact) mass is 312 g/mol. The lowest BCUT2D eigenvalue weighted by Gasteiger charge is -2.26. The molecular weight excluding hydrogens is 292 g/mol. The van der Waals surface area contributed by atoms with Gasteiger partial charge in [0.25, 0.3) is 0 Å². The molecule has 1 saturated heterocycles. The summed E-state index contributed by atoms with van der Waals surface area (Å²) in [6, 6.07) is 6.67. The zero-order valence-electron chi connectivity index (χ0n) is 11.9. The highest BCUT2D eigenvalue weighted by Crippen LogP contribution is 2.17. The van der Waals surface area contributed by atoms with Crippen molar-refractivity contribution in [3.8, 4) is 0 Å². The molecule has 0 spiro atoms. The third kappa shape index (κ3) is 4.42. The maximum absolute atomic E-state index is 12.2. The lowest BCUT2D eigenvalue weighted by atomic mass is 10.3. The largest absolute Gasteiger partial charge is 0.326 e. The summed E-state index contributed by atoms with van der Waals surface area (Å²) in [5.74, 6) is -0.114.